The fraction of sp³-hybridized carbons (Fsp3) is 0.478. The molecule has 27 heavy (non-hydrogen) atoms. The maximum absolute atomic E-state index is 5.10. The van der Waals surface area contributed by atoms with Gasteiger partial charge in [0, 0.05) is 49.5 Å². The van der Waals surface area contributed by atoms with Crippen LogP contribution in [0.4, 0.5) is 5.95 Å². The lowest BCUT2D eigenvalue weighted by Crippen LogP contribution is -2.31. The lowest BCUT2D eigenvalue weighted by Gasteiger charge is -2.27. The minimum Gasteiger partial charge on any atom is -0.341 e. The number of fused-ring (bicyclic) bond motifs is 1. The van der Waals surface area contributed by atoms with E-state index in [2.05, 4.69) is 46.2 Å². The first kappa shape index (κ1) is 16.9. The van der Waals surface area contributed by atoms with Gasteiger partial charge in [-0.2, -0.15) is 0 Å². The molecule has 0 spiro atoms. The summed E-state index contributed by atoms with van der Waals surface area (Å²) < 4.78 is 0. The Hall–Kier alpha value is -2.20. The van der Waals surface area contributed by atoms with Crippen molar-refractivity contribution >= 4 is 5.95 Å². The lowest BCUT2D eigenvalue weighted by molar-refractivity contribution is 0.345. The van der Waals surface area contributed by atoms with E-state index < -0.39 is 0 Å². The van der Waals surface area contributed by atoms with E-state index in [-0.39, 0.29) is 0 Å². The third-order valence-electron chi connectivity index (χ3n) is 6.06. The quantitative estimate of drug-likeness (QED) is 0.772. The Morgan fingerprint density at radius 1 is 0.889 bits per heavy atom. The first-order chi connectivity index (χ1) is 13.4. The SMILES string of the molecule is C1=CCN(Cc2cccc(-c3nc(N4CCCCC4)nc4c3CCC4)c2)C1. The van der Waals surface area contributed by atoms with Crippen molar-refractivity contribution in [2.75, 3.05) is 31.1 Å². The third kappa shape index (κ3) is 3.51. The second-order valence-corrected chi connectivity index (χ2v) is 8.06. The molecule has 1 saturated heterocycles. The molecule has 5 rings (SSSR count). The topological polar surface area (TPSA) is 32.3 Å². The minimum atomic E-state index is 0.958. The molecule has 1 aromatic carbocycles. The first-order valence-corrected chi connectivity index (χ1v) is 10.5. The second kappa shape index (κ2) is 7.43. The van der Waals surface area contributed by atoms with Crippen LogP contribution in [0.5, 0.6) is 0 Å². The zero-order valence-corrected chi connectivity index (χ0v) is 16.0. The largest absolute Gasteiger partial charge is 0.341 e. The van der Waals surface area contributed by atoms with E-state index in [4.69, 9.17) is 9.97 Å². The van der Waals surface area contributed by atoms with Crippen LogP contribution in [0.15, 0.2) is 36.4 Å². The van der Waals surface area contributed by atoms with Crippen LogP contribution in [0.25, 0.3) is 11.3 Å². The van der Waals surface area contributed by atoms with Crippen LogP contribution in [0.1, 0.15) is 42.5 Å². The highest BCUT2D eigenvalue weighted by Crippen LogP contribution is 2.33. The van der Waals surface area contributed by atoms with Gasteiger partial charge in [-0.15, -0.1) is 0 Å². The van der Waals surface area contributed by atoms with E-state index in [0.717, 1.165) is 51.5 Å². The average Bonchev–Trinajstić information content (AvgIpc) is 3.40. The fourth-order valence-corrected chi connectivity index (χ4v) is 4.62. The molecular formula is C23H28N4. The van der Waals surface area contributed by atoms with Crippen LogP contribution in [0.3, 0.4) is 0 Å². The van der Waals surface area contributed by atoms with E-state index in [1.54, 1.807) is 0 Å². The summed E-state index contributed by atoms with van der Waals surface area (Å²) in [7, 11) is 0. The van der Waals surface area contributed by atoms with Gasteiger partial charge in [0.1, 0.15) is 0 Å². The average molecular weight is 361 g/mol. The molecule has 2 aromatic rings. The molecule has 2 aliphatic heterocycles. The molecule has 0 saturated carbocycles. The molecule has 0 atom stereocenters. The highest BCUT2D eigenvalue weighted by atomic mass is 15.3. The lowest BCUT2D eigenvalue weighted by atomic mass is 10.0. The fourth-order valence-electron chi connectivity index (χ4n) is 4.62. The van der Waals surface area contributed by atoms with Gasteiger partial charge < -0.3 is 4.90 Å². The van der Waals surface area contributed by atoms with Crippen molar-refractivity contribution in [1.82, 2.24) is 14.9 Å². The summed E-state index contributed by atoms with van der Waals surface area (Å²) in [5, 5.41) is 0. The highest BCUT2D eigenvalue weighted by molar-refractivity contribution is 5.67. The molecule has 3 heterocycles. The number of anilines is 1. The van der Waals surface area contributed by atoms with Crippen LogP contribution < -0.4 is 4.90 Å². The van der Waals surface area contributed by atoms with Crippen molar-refractivity contribution in [3.63, 3.8) is 0 Å². The number of rotatable bonds is 4. The van der Waals surface area contributed by atoms with Crippen molar-refractivity contribution in [2.45, 2.75) is 45.1 Å². The Bertz CT molecular complexity index is 843. The van der Waals surface area contributed by atoms with Gasteiger partial charge in [-0.25, -0.2) is 9.97 Å². The summed E-state index contributed by atoms with van der Waals surface area (Å²) in [6.45, 7) is 5.33. The zero-order valence-electron chi connectivity index (χ0n) is 16.0. The third-order valence-corrected chi connectivity index (χ3v) is 6.06. The Labute approximate surface area is 161 Å². The van der Waals surface area contributed by atoms with Gasteiger partial charge in [0.2, 0.25) is 5.95 Å². The van der Waals surface area contributed by atoms with Crippen LogP contribution in [-0.2, 0) is 19.4 Å². The van der Waals surface area contributed by atoms with Crippen molar-refractivity contribution in [3.8, 4) is 11.3 Å². The summed E-state index contributed by atoms with van der Waals surface area (Å²) in [6.07, 6.45) is 11.8. The van der Waals surface area contributed by atoms with Gasteiger partial charge >= 0.3 is 0 Å². The molecule has 0 N–H and O–H groups in total. The minimum absolute atomic E-state index is 0.958. The second-order valence-electron chi connectivity index (χ2n) is 8.06. The van der Waals surface area contributed by atoms with Gasteiger partial charge in [-0.1, -0.05) is 30.4 Å². The van der Waals surface area contributed by atoms with Crippen LogP contribution in [0.2, 0.25) is 0 Å². The molecule has 4 heteroatoms. The smallest absolute Gasteiger partial charge is 0.226 e. The predicted molar refractivity (Wildman–Crippen MR) is 110 cm³/mol. The molecule has 0 radical (unpaired) electrons. The molecule has 1 fully saturated rings. The van der Waals surface area contributed by atoms with Gasteiger partial charge in [-0.05, 0) is 50.2 Å². The summed E-state index contributed by atoms with van der Waals surface area (Å²) in [4.78, 5) is 14.9. The maximum Gasteiger partial charge on any atom is 0.226 e. The zero-order chi connectivity index (χ0) is 18.1. The van der Waals surface area contributed by atoms with Crippen LogP contribution in [-0.4, -0.2) is 41.0 Å². The highest BCUT2D eigenvalue weighted by Gasteiger charge is 2.23. The summed E-state index contributed by atoms with van der Waals surface area (Å²) in [5.41, 5.74) is 6.49. The van der Waals surface area contributed by atoms with E-state index in [9.17, 15) is 0 Å². The number of aryl methyl sites for hydroxylation is 1. The molecule has 1 aromatic heterocycles. The summed E-state index contributed by atoms with van der Waals surface area (Å²) in [6, 6.07) is 9.01. The molecular weight excluding hydrogens is 332 g/mol. The molecule has 3 aliphatic rings. The van der Waals surface area contributed by atoms with Gasteiger partial charge in [0.05, 0.1) is 5.69 Å². The predicted octanol–water partition coefficient (Wildman–Crippen LogP) is 3.99. The first-order valence-electron chi connectivity index (χ1n) is 10.5. The van der Waals surface area contributed by atoms with Crippen molar-refractivity contribution < 1.29 is 0 Å². The van der Waals surface area contributed by atoms with Crippen LogP contribution in [0, 0.1) is 0 Å². The number of piperidine rings is 1. The van der Waals surface area contributed by atoms with Crippen molar-refractivity contribution in [2.24, 2.45) is 0 Å². The number of nitrogens with zero attached hydrogens (tertiary/aromatic N) is 4. The Morgan fingerprint density at radius 3 is 2.59 bits per heavy atom. The molecule has 4 nitrogen and oxygen atoms in total. The number of aromatic nitrogens is 2. The number of hydrogen-bond donors (Lipinski definition) is 0. The van der Waals surface area contributed by atoms with Crippen LogP contribution >= 0.6 is 0 Å². The molecule has 0 unspecified atom stereocenters. The number of hydrogen-bond acceptors (Lipinski definition) is 4. The standard InChI is InChI=1S/C23H28N4/c1-2-14-27(15-3-1)23-24-21-11-7-10-20(21)22(25-23)19-9-6-8-18(16-19)17-26-12-4-5-13-26/h4-6,8-9,16H,1-3,7,10-15,17H2. The van der Waals surface area contributed by atoms with Crippen molar-refractivity contribution in [3.05, 3.63) is 53.2 Å². The van der Waals surface area contributed by atoms with Gasteiger partial charge in [0.15, 0.2) is 0 Å². The Morgan fingerprint density at radius 2 is 1.74 bits per heavy atom. The molecule has 0 bridgehead atoms. The van der Waals surface area contributed by atoms with E-state index >= 15 is 0 Å². The number of benzene rings is 1. The molecule has 0 amide bonds. The van der Waals surface area contributed by atoms with Gasteiger partial charge in [0.25, 0.3) is 0 Å². The maximum atomic E-state index is 5.10. The van der Waals surface area contributed by atoms with Crippen molar-refractivity contribution in [1.29, 1.82) is 0 Å². The summed E-state index contributed by atoms with van der Waals surface area (Å²) >= 11 is 0. The van der Waals surface area contributed by atoms with E-state index in [1.807, 2.05) is 0 Å². The molecule has 140 valence electrons. The van der Waals surface area contributed by atoms with Gasteiger partial charge in [-0.3, -0.25) is 4.90 Å². The Balaban J connectivity index is 1.49. The Kier molecular flexibility index (Phi) is 4.66. The normalized spacial score (nSPS) is 19.6. The van der Waals surface area contributed by atoms with E-state index in [0.29, 0.717) is 0 Å². The monoisotopic (exact) mass is 360 g/mol. The van der Waals surface area contributed by atoms with E-state index in [1.165, 1.54) is 53.8 Å². The summed E-state index contributed by atoms with van der Waals surface area (Å²) in [5.74, 6) is 0.958. The molecule has 1 aliphatic carbocycles.